The molecule has 0 aromatic carbocycles. The molecule has 0 saturated carbocycles. The Morgan fingerprint density at radius 2 is 2.35 bits per heavy atom. The number of hydrogen-bond acceptors (Lipinski definition) is 5. The molecule has 2 fully saturated rings. The smallest absolute Gasteiger partial charge is 0.244 e. The van der Waals surface area contributed by atoms with Gasteiger partial charge in [0.1, 0.15) is 11.6 Å². The zero-order valence-electron chi connectivity index (χ0n) is 9.77. The summed E-state index contributed by atoms with van der Waals surface area (Å²) in [6.07, 6.45) is -0.886. The number of β-lactam (4-membered cyclic amide) rings is 1. The summed E-state index contributed by atoms with van der Waals surface area (Å²) in [5.74, 6) is -0.388. The Morgan fingerprint density at radius 3 is 2.82 bits per heavy atom. The van der Waals surface area contributed by atoms with E-state index in [1.165, 1.54) is 6.92 Å². The van der Waals surface area contributed by atoms with E-state index < -0.39 is 17.7 Å². The van der Waals surface area contributed by atoms with Crippen molar-refractivity contribution in [3.05, 3.63) is 0 Å². The van der Waals surface area contributed by atoms with E-state index in [4.69, 9.17) is 5.73 Å². The van der Waals surface area contributed by atoms with Crippen molar-refractivity contribution in [2.45, 2.75) is 24.6 Å². The minimum absolute atomic E-state index is 0.0828. The molecule has 2 heterocycles. The Kier molecular flexibility index (Phi) is 3.07. The highest BCUT2D eigenvalue weighted by molar-refractivity contribution is 5.94. The Balaban J connectivity index is 2.02. The number of amides is 2. The quantitative estimate of drug-likeness (QED) is 0.386. The van der Waals surface area contributed by atoms with Crippen molar-refractivity contribution in [1.82, 2.24) is 15.5 Å². The van der Waals surface area contributed by atoms with Crippen LogP contribution in [0.1, 0.15) is 6.92 Å². The van der Waals surface area contributed by atoms with Gasteiger partial charge in [-0.05, 0) is 6.92 Å². The second kappa shape index (κ2) is 4.25. The van der Waals surface area contributed by atoms with E-state index in [0.29, 0.717) is 26.2 Å². The van der Waals surface area contributed by atoms with Crippen LogP contribution in [-0.4, -0.2) is 65.7 Å². The van der Waals surface area contributed by atoms with Crippen molar-refractivity contribution in [2.75, 3.05) is 26.2 Å². The number of hydrogen-bond donors (Lipinski definition) is 4. The molecule has 2 aliphatic heterocycles. The van der Waals surface area contributed by atoms with Gasteiger partial charge in [-0.25, -0.2) is 0 Å². The van der Waals surface area contributed by atoms with E-state index in [0.717, 1.165) is 0 Å². The summed E-state index contributed by atoms with van der Waals surface area (Å²) in [4.78, 5) is 25.0. The van der Waals surface area contributed by atoms with Gasteiger partial charge in [-0.2, -0.15) is 0 Å². The fourth-order valence-electron chi connectivity index (χ4n) is 2.14. The van der Waals surface area contributed by atoms with Gasteiger partial charge >= 0.3 is 0 Å². The lowest BCUT2D eigenvalue weighted by Gasteiger charge is -2.48. The van der Waals surface area contributed by atoms with Crippen LogP contribution in [0.3, 0.4) is 0 Å². The van der Waals surface area contributed by atoms with Crippen LogP contribution in [0.2, 0.25) is 0 Å². The lowest BCUT2D eigenvalue weighted by atomic mass is 9.88. The van der Waals surface area contributed by atoms with Crippen molar-refractivity contribution >= 4 is 11.8 Å². The highest BCUT2D eigenvalue weighted by atomic mass is 16.3. The number of rotatable bonds is 2. The first-order chi connectivity index (χ1) is 7.96. The van der Waals surface area contributed by atoms with Gasteiger partial charge in [-0.3, -0.25) is 14.9 Å². The van der Waals surface area contributed by atoms with E-state index in [1.54, 1.807) is 4.90 Å². The monoisotopic (exact) mass is 242 g/mol. The lowest BCUT2D eigenvalue weighted by molar-refractivity contribution is -0.144. The van der Waals surface area contributed by atoms with Crippen molar-refractivity contribution < 1.29 is 14.7 Å². The number of carbonyl (C=O) groups excluding carboxylic acids is 2. The molecule has 17 heavy (non-hydrogen) atoms. The molecule has 0 aliphatic carbocycles. The molecule has 3 atom stereocenters. The molecule has 0 radical (unpaired) electrons. The third-order valence-electron chi connectivity index (χ3n) is 3.41. The maximum absolute atomic E-state index is 12.0. The van der Waals surface area contributed by atoms with Crippen molar-refractivity contribution in [3.8, 4) is 0 Å². The molecule has 0 aromatic rings. The molecule has 96 valence electrons. The average molecular weight is 242 g/mol. The SMILES string of the molecule is CC(O)[C@H](N)C(=O)N1CCNC2(CNC2=O)C1. The zero-order chi connectivity index (χ0) is 12.6. The largest absolute Gasteiger partial charge is 0.391 e. The molecule has 5 N–H and O–H groups in total. The van der Waals surface area contributed by atoms with E-state index in [-0.39, 0.29) is 11.8 Å². The van der Waals surface area contributed by atoms with Crippen LogP contribution < -0.4 is 16.4 Å². The van der Waals surface area contributed by atoms with Crippen LogP contribution in [0, 0.1) is 0 Å². The fraction of sp³-hybridized carbons (Fsp3) is 0.800. The summed E-state index contributed by atoms with van der Waals surface area (Å²) < 4.78 is 0. The Hall–Kier alpha value is -1.18. The number of piperazine rings is 1. The summed E-state index contributed by atoms with van der Waals surface area (Å²) in [6.45, 7) is 3.40. The summed E-state index contributed by atoms with van der Waals surface area (Å²) in [5.41, 5.74) is 4.96. The summed E-state index contributed by atoms with van der Waals surface area (Å²) in [6, 6.07) is -0.923. The topological polar surface area (TPSA) is 108 Å². The van der Waals surface area contributed by atoms with Gasteiger partial charge in [-0.1, -0.05) is 0 Å². The van der Waals surface area contributed by atoms with Gasteiger partial charge in [-0.15, -0.1) is 0 Å². The second-order valence-corrected chi connectivity index (χ2v) is 4.72. The normalized spacial score (nSPS) is 31.7. The Bertz CT molecular complexity index is 346. The van der Waals surface area contributed by atoms with E-state index in [9.17, 15) is 14.7 Å². The lowest BCUT2D eigenvalue weighted by Crippen LogP contribution is -2.79. The molecule has 0 aromatic heterocycles. The average Bonchev–Trinajstić information content (AvgIpc) is 2.35. The number of nitrogens with one attached hydrogen (secondary N) is 2. The van der Waals surface area contributed by atoms with Gasteiger partial charge in [0.25, 0.3) is 0 Å². The molecule has 7 nitrogen and oxygen atoms in total. The summed E-state index contributed by atoms with van der Waals surface area (Å²) in [7, 11) is 0. The Morgan fingerprint density at radius 1 is 1.65 bits per heavy atom. The maximum Gasteiger partial charge on any atom is 0.244 e. The molecule has 2 saturated heterocycles. The van der Waals surface area contributed by atoms with Gasteiger partial charge in [0, 0.05) is 26.2 Å². The first-order valence-corrected chi connectivity index (χ1v) is 5.72. The molecule has 7 heteroatoms. The molecule has 2 aliphatic rings. The van der Waals surface area contributed by atoms with Gasteiger partial charge in [0.15, 0.2) is 0 Å². The van der Waals surface area contributed by atoms with Crippen LogP contribution >= 0.6 is 0 Å². The third kappa shape index (κ3) is 2.01. The van der Waals surface area contributed by atoms with Crippen LogP contribution in [0.25, 0.3) is 0 Å². The summed E-state index contributed by atoms with van der Waals surface area (Å²) in [5, 5.41) is 15.1. The van der Waals surface area contributed by atoms with E-state index in [1.807, 2.05) is 0 Å². The standard InChI is InChI=1S/C10H18N4O3/c1-6(15)7(11)8(16)14-3-2-13-10(5-14)4-12-9(10)17/h6-7,13,15H,2-5,11H2,1H3,(H,12,17)/t6?,7-,10?/m0/s1. The predicted molar refractivity (Wildman–Crippen MR) is 60.0 cm³/mol. The molecule has 2 amide bonds. The molecule has 2 unspecified atom stereocenters. The van der Waals surface area contributed by atoms with Gasteiger partial charge in [0.2, 0.25) is 11.8 Å². The number of aliphatic hydroxyl groups excluding tert-OH is 1. The first kappa shape index (κ1) is 12.3. The molecule has 0 bridgehead atoms. The molecule has 1 spiro atoms. The van der Waals surface area contributed by atoms with E-state index in [2.05, 4.69) is 10.6 Å². The second-order valence-electron chi connectivity index (χ2n) is 4.72. The molecular formula is C10H18N4O3. The van der Waals surface area contributed by atoms with Crippen LogP contribution in [0.5, 0.6) is 0 Å². The minimum Gasteiger partial charge on any atom is -0.391 e. The number of carbonyl (C=O) groups is 2. The predicted octanol–water partition coefficient (Wildman–Crippen LogP) is -3.01. The van der Waals surface area contributed by atoms with Crippen molar-refractivity contribution in [2.24, 2.45) is 5.73 Å². The highest BCUT2D eigenvalue weighted by Crippen LogP contribution is 2.18. The number of nitrogens with two attached hydrogens (primary N) is 1. The highest BCUT2D eigenvalue weighted by Gasteiger charge is 2.50. The molecular weight excluding hydrogens is 224 g/mol. The van der Waals surface area contributed by atoms with Crippen LogP contribution in [-0.2, 0) is 9.59 Å². The van der Waals surface area contributed by atoms with Gasteiger partial charge in [0.05, 0.1) is 6.10 Å². The minimum atomic E-state index is -0.923. The summed E-state index contributed by atoms with van der Waals surface area (Å²) >= 11 is 0. The zero-order valence-corrected chi connectivity index (χ0v) is 9.77. The van der Waals surface area contributed by atoms with Crippen LogP contribution in [0.15, 0.2) is 0 Å². The first-order valence-electron chi connectivity index (χ1n) is 5.72. The maximum atomic E-state index is 12.0. The third-order valence-corrected chi connectivity index (χ3v) is 3.41. The van der Waals surface area contributed by atoms with Crippen molar-refractivity contribution in [3.63, 3.8) is 0 Å². The number of nitrogens with zero attached hydrogens (tertiary/aromatic N) is 1. The van der Waals surface area contributed by atoms with Gasteiger partial charge < -0.3 is 21.1 Å². The van der Waals surface area contributed by atoms with Crippen LogP contribution in [0.4, 0.5) is 0 Å². The number of aliphatic hydroxyl groups is 1. The fourth-order valence-corrected chi connectivity index (χ4v) is 2.14. The van der Waals surface area contributed by atoms with Crippen molar-refractivity contribution in [1.29, 1.82) is 0 Å². The Labute approximate surface area is 99.3 Å². The molecule has 2 rings (SSSR count). The van der Waals surface area contributed by atoms with E-state index >= 15 is 0 Å².